The van der Waals surface area contributed by atoms with Gasteiger partial charge in [0.1, 0.15) is 0 Å². The molecule has 2 aromatic carbocycles. The molecular weight excluding hydrogens is 340 g/mol. The Morgan fingerprint density at radius 1 is 1.00 bits per heavy atom. The fourth-order valence-electron chi connectivity index (χ4n) is 2.49. The lowest BCUT2D eigenvalue weighted by atomic mass is 10.1. The highest BCUT2D eigenvalue weighted by Gasteiger charge is 2.11. The topological polar surface area (TPSA) is 98.0 Å². The predicted molar refractivity (Wildman–Crippen MR) is 92.3 cm³/mol. The second-order valence-corrected chi connectivity index (χ2v) is 7.76. The minimum Gasteiger partial charge on any atom is -0.396 e. The average Bonchev–Trinajstić information content (AvgIpc) is 3.04. The summed E-state index contributed by atoms with van der Waals surface area (Å²) in [5.74, 6) is 0.655. The maximum Gasteiger partial charge on any atom is 0.175 e. The van der Waals surface area contributed by atoms with Gasteiger partial charge in [-0.2, -0.15) is 4.68 Å². The third-order valence-corrected chi connectivity index (χ3v) is 4.96. The molecule has 0 aliphatic heterocycles. The van der Waals surface area contributed by atoms with Crippen LogP contribution in [-0.4, -0.2) is 46.6 Å². The van der Waals surface area contributed by atoms with E-state index in [1.807, 2.05) is 24.3 Å². The number of rotatable bonds is 6. The summed E-state index contributed by atoms with van der Waals surface area (Å²) in [6, 6.07) is 14.4. The molecule has 1 heterocycles. The maximum absolute atomic E-state index is 11.5. The molecule has 8 heteroatoms. The Bertz CT molecular complexity index is 948. The summed E-state index contributed by atoms with van der Waals surface area (Å²) >= 11 is 0. The van der Waals surface area contributed by atoms with Gasteiger partial charge in [0.25, 0.3) is 0 Å². The highest BCUT2D eigenvalue weighted by molar-refractivity contribution is 7.90. The second-order valence-electron chi connectivity index (χ2n) is 5.74. The molecular formula is C17H18N4O3S. The minimum absolute atomic E-state index is 0.110. The first-order chi connectivity index (χ1) is 12.0. The molecule has 7 nitrogen and oxygen atoms in total. The van der Waals surface area contributed by atoms with Gasteiger partial charge in [-0.05, 0) is 52.2 Å². The third-order valence-electron chi connectivity index (χ3n) is 3.83. The zero-order chi connectivity index (χ0) is 17.9. The number of benzene rings is 2. The zero-order valence-corrected chi connectivity index (χ0v) is 14.5. The van der Waals surface area contributed by atoms with Crippen LogP contribution in [0.25, 0.3) is 5.69 Å². The van der Waals surface area contributed by atoms with E-state index in [9.17, 15) is 8.42 Å². The number of tetrazole rings is 1. The lowest BCUT2D eigenvalue weighted by Gasteiger charge is -2.06. The Kier molecular flexibility index (Phi) is 4.91. The van der Waals surface area contributed by atoms with Crippen LogP contribution in [0.4, 0.5) is 0 Å². The van der Waals surface area contributed by atoms with Crippen LogP contribution < -0.4 is 0 Å². The Morgan fingerprint density at radius 2 is 1.64 bits per heavy atom. The summed E-state index contributed by atoms with van der Waals surface area (Å²) in [5.41, 5.74) is 2.78. The van der Waals surface area contributed by atoms with Crippen LogP contribution in [0, 0.1) is 0 Å². The monoisotopic (exact) mass is 358 g/mol. The van der Waals surface area contributed by atoms with E-state index in [-0.39, 0.29) is 11.5 Å². The van der Waals surface area contributed by atoms with Crippen LogP contribution in [0.3, 0.4) is 0 Å². The van der Waals surface area contributed by atoms with Crippen molar-refractivity contribution in [2.75, 3.05) is 12.9 Å². The van der Waals surface area contributed by atoms with Gasteiger partial charge in [-0.25, -0.2) is 8.42 Å². The predicted octanol–water partition coefficient (Wildman–Crippen LogP) is 1.19. The van der Waals surface area contributed by atoms with Crippen molar-refractivity contribution in [1.82, 2.24) is 20.2 Å². The van der Waals surface area contributed by atoms with Crippen molar-refractivity contribution in [3.63, 3.8) is 0 Å². The summed E-state index contributed by atoms with van der Waals surface area (Å²) in [5, 5.41) is 20.8. The molecule has 1 N–H and O–H groups in total. The Hall–Kier alpha value is -2.58. The average molecular weight is 358 g/mol. The lowest BCUT2D eigenvalue weighted by molar-refractivity contribution is 0.299. The van der Waals surface area contributed by atoms with Crippen molar-refractivity contribution < 1.29 is 13.5 Å². The highest BCUT2D eigenvalue weighted by Crippen LogP contribution is 2.15. The zero-order valence-electron chi connectivity index (χ0n) is 13.7. The van der Waals surface area contributed by atoms with E-state index in [1.165, 1.54) is 6.26 Å². The molecule has 3 aromatic rings. The van der Waals surface area contributed by atoms with Gasteiger partial charge in [0.15, 0.2) is 15.7 Å². The van der Waals surface area contributed by atoms with Crippen LogP contribution in [0.1, 0.15) is 17.0 Å². The first-order valence-corrected chi connectivity index (χ1v) is 9.63. The first kappa shape index (κ1) is 17.2. The number of hydrogen-bond acceptors (Lipinski definition) is 6. The van der Waals surface area contributed by atoms with E-state index in [2.05, 4.69) is 15.5 Å². The van der Waals surface area contributed by atoms with Crippen LogP contribution in [0.2, 0.25) is 0 Å². The number of nitrogens with zero attached hydrogens (tertiary/aromatic N) is 4. The number of aliphatic hydroxyl groups is 1. The van der Waals surface area contributed by atoms with Crippen molar-refractivity contribution in [2.45, 2.75) is 17.7 Å². The maximum atomic E-state index is 11.5. The molecule has 0 radical (unpaired) electrons. The molecule has 0 saturated carbocycles. The molecule has 1 aromatic heterocycles. The first-order valence-electron chi connectivity index (χ1n) is 7.74. The Balaban J connectivity index is 1.82. The van der Waals surface area contributed by atoms with E-state index in [0.717, 1.165) is 16.8 Å². The normalized spacial score (nSPS) is 11.6. The van der Waals surface area contributed by atoms with Crippen molar-refractivity contribution in [2.24, 2.45) is 0 Å². The Labute approximate surface area is 145 Å². The molecule has 0 saturated heterocycles. The fraction of sp³-hybridized carbons (Fsp3) is 0.235. The minimum atomic E-state index is -3.20. The van der Waals surface area contributed by atoms with E-state index >= 15 is 0 Å². The molecule has 0 atom stereocenters. The van der Waals surface area contributed by atoms with Gasteiger partial charge in [0.05, 0.1) is 10.6 Å². The standard InChI is InChI=1S/C17H18N4O3S/c1-25(23,24)16-8-4-14(5-9-16)12-17-18-19-20-21(17)15-6-2-13(3-7-15)10-11-22/h2-9,22H,10-12H2,1H3. The number of hydrogen-bond donors (Lipinski definition) is 1. The summed E-state index contributed by atoms with van der Waals surface area (Å²) in [7, 11) is -3.20. The molecule has 3 rings (SSSR count). The molecule has 0 unspecified atom stereocenters. The summed E-state index contributed by atoms with van der Waals surface area (Å²) in [6.07, 6.45) is 2.27. The molecule has 0 amide bonds. The van der Waals surface area contributed by atoms with Gasteiger partial charge < -0.3 is 5.11 Å². The third kappa shape index (κ3) is 4.09. The highest BCUT2D eigenvalue weighted by atomic mass is 32.2. The number of aliphatic hydroxyl groups excluding tert-OH is 1. The number of aromatic nitrogens is 4. The summed E-state index contributed by atoms with van der Waals surface area (Å²) < 4.78 is 24.7. The lowest BCUT2D eigenvalue weighted by Crippen LogP contribution is -2.05. The molecule has 0 aliphatic rings. The van der Waals surface area contributed by atoms with Crippen molar-refractivity contribution in [1.29, 1.82) is 0 Å². The molecule has 130 valence electrons. The van der Waals surface area contributed by atoms with Gasteiger partial charge in [0, 0.05) is 19.3 Å². The quantitative estimate of drug-likeness (QED) is 0.711. The van der Waals surface area contributed by atoms with Gasteiger partial charge in [-0.15, -0.1) is 5.10 Å². The molecule has 0 fully saturated rings. The van der Waals surface area contributed by atoms with Crippen LogP contribution in [0.15, 0.2) is 53.4 Å². The SMILES string of the molecule is CS(=O)(=O)c1ccc(Cc2nnnn2-c2ccc(CCO)cc2)cc1. The van der Waals surface area contributed by atoms with E-state index in [0.29, 0.717) is 18.7 Å². The Morgan fingerprint density at radius 3 is 2.24 bits per heavy atom. The molecule has 0 bridgehead atoms. The fourth-order valence-corrected chi connectivity index (χ4v) is 3.12. The van der Waals surface area contributed by atoms with Crippen molar-refractivity contribution in [3.05, 3.63) is 65.5 Å². The van der Waals surface area contributed by atoms with E-state index < -0.39 is 9.84 Å². The van der Waals surface area contributed by atoms with Gasteiger partial charge in [-0.3, -0.25) is 0 Å². The van der Waals surface area contributed by atoms with Crippen molar-refractivity contribution in [3.8, 4) is 5.69 Å². The summed E-state index contributed by atoms with van der Waals surface area (Å²) in [6.45, 7) is 0.110. The van der Waals surface area contributed by atoms with Crippen LogP contribution >= 0.6 is 0 Å². The van der Waals surface area contributed by atoms with E-state index in [4.69, 9.17) is 5.11 Å². The summed E-state index contributed by atoms with van der Waals surface area (Å²) in [4.78, 5) is 0.287. The largest absolute Gasteiger partial charge is 0.396 e. The smallest absolute Gasteiger partial charge is 0.175 e. The molecule has 0 aliphatic carbocycles. The van der Waals surface area contributed by atoms with Gasteiger partial charge in [-0.1, -0.05) is 24.3 Å². The van der Waals surface area contributed by atoms with E-state index in [1.54, 1.807) is 28.9 Å². The number of sulfone groups is 1. The van der Waals surface area contributed by atoms with Gasteiger partial charge >= 0.3 is 0 Å². The van der Waals surface area contributed by atoms with Crippen molar-refractivity contribution >= 4 is 9.84 Å². The van der Waals surface area contributed by atoms with Crippen LogP contribution in [-0.2, 0) is 22.7 Å². The second kappa shape index (κ2) is 7.12. The van der Waals surface area contributed by atoms with Gasteiger partial charge in [0.2, 0.25) is 0 Å². The molecule has 25 heavy (non-hydrogen) atoms. The molecule has 0 spiro atoms. The van der Waals surface area contributed by atoms with Crippen LogP contribution in [0.5, 0.6) is 0 Å².